The van der Waals surface area contributed by atoms with Gasteiger partial charge in [0.05, 0.1) is 36.5 Å². The number of likely N-dealkylation sites (N-methyl/N-ethyl adjacent to an activating group) is 1. The third kappa shape index (κ3) is 9.50. The van der Waals surface area contributed by atoms with Crippen molar-refractivity contribution in [1.29, 1.82) is 0 Å². The van der Waals surface area contributed by atoms with E-state index in [9.17, 15) is 4.79 Å². The number of carbonyl (C=O) groups excluding carboxylic acids is 2. The highest BCUT2D eigenvalue weighted by Gasteiger charge is 2.57. The topological polar surface area (TPSA) is 138 Å². The quantitative estimate of drug-likeness (QED) is 0.164. The summed E-state index contributed by atoms with van der Waals surface area (Å²) in [5, 5.41) is 0. The van der Waals surface area contributed by atoms with Crippen molar-refractivity contribution < 1.29 is 52.2 Å². The lowest BCUT2D eigenvalue weighted by molar-refractivity contribution is -0.314. The summed E-state index contributed by atoms with van der Waals surface area (Å²) in [6.07, 6.45) is 6.82. The number of ether oxygens (including phenoxy) is 9. The number of methoxy groups -OCH3 is 3. The van der Waals surface area contributed by atoms with Gasteiger partial charge in [-0.15, -0.1) is 0 Å². The van der Waals surface area contributed by atoms with Crippen LogP contribution in [0.15, 0.2) is 60.3 Å². The molecule has 0 radical (unpaired) electrons. The summed E-state index contributed by atoms with van der Waals surface area (Å²) in [6.45, 7) is 8.54. The lowest BCUT2D eigenvalue weighted by atomic mass is 9.66. The molecule has 0 N–H and O–H groups in total. The minimum absolute atomic E-state index is 0.00637. The summed E-state index contributed by atoms with van der Waals surface area (Å²) in [5.74, 6) is -0.792. The van der Waals surface area contributed by atoms with Crippen LogP contribution < -0.4 is 4.74 Å². The van der Waals surface area contributed by atoms with Crippen LogP contribution in [0.2, 0.25) is 0 Å². The molecule has 1 aromatic carbocycles. The molecular weight excluding hydrogens is 855 g/mol. The number of carbonyl (C=O) groups is 2. The van der Waals surface area contributed by atoms with Gasteiger partial charge in [0.15, 0.2) is 29.8 Å². The lowest BCUT2D eigenvalue weighted by Gasteiger charge is -2.44. The molecule has 0 unspecified atom stereocenters. The Bertz CT molecular complexity index is 2220. The predicted octanol–water partition coefficient (Wildman–Crippen LogP) is 7.79. The Hall–Kier alpha value is -3.73. The standard InChI is InChI=1S/C53H73N3O11/c1-10-33-18-14-19-41(67-44-22-21-40(55(5)6)30(3)63-44)29(2)48(58)39-26-36-35-24-34(66-53-51(61-9)50(60-8)49(59-7)31(4)64-53)25-38(35)47-46(45(36)37(39)27-43(57)65-33)54-52-42(20-15-23-56(47)52)62-28-32-16-12-11-13-17-32/h11-13,15-17,20,23,26,29-31,33-38,40-41,44-45,49-51,53H,10,14,18-19,21-22,24-25,27-28H2,1-9H3/t29-,30-,31+,33+,34+,35+,36+,37-,38-,40+,41+,44+,45-,49+,50-,51-,53+/m1/s1. The van der Waals surface area contributed by atoms with Gasteiger partial charge in [0, 0.05) is 62.9 Å². The maximum atomic E-state index is 15.4. The van der Waals surface area contributed by atoms with E-state index in [2.05, 4.69) is 49.5 Å². The normalized spacial score (nSPS) is 38.0. The summed E-state index contributed by atoms with van der Waals surface area (Å²) >= 11 is 0. The minimum Gasteiger partial charge on any atom is -0.485 e. The lowest BCUT2D eigenvalue weighted by Crippen LogP contribution is -2.59. The maximum Gasteiger partial charge on any atom is 0.306 e. The van der Waals surface area contributed by atoms with Crippen LogP contribution in [0.3, 0.4) is 0 Å². The molecule has 9 rings (SSSR count). The van der Waals surface area contributed by atoms with Gasteiger partial charge < -0.3 is 51.9 Å². The van der Waals surface area contributed by atoms with Crippen molar-refractivity contribution in [3.05, 3.63) is 77.3 Å². The van der Waals surface area contributed by atoms with Crippen molar-refractivity contribution in [2.24, 2.45) is 23.7 Å². The molecule has 14 nitrogen and oxygen atoms in total. The van der Waals surface area contributed by atoms with Crippen molar-refractivity contribution in [3.63, 3.8) is 0 Å². The Morgan fingerprint density at radius 1 is 0.836 bits per heavy atom. The molecule has 366 valence electrons. The fraction of sp³-hybridized carbons (Fsp3) is 0.679. The molecular formula is C53H73N3O11. The zero-order valence-electron chi connectivity index (χ0n) is 40.9. The van der Waals surface area contributed by atoms with E-state index in [1.54, 1.807) is 21.3 Å². The number of cyclic esters (lactones) is 1. The Labute approximate surface area is 396 Å². The van der Waals surface area contributed by atoms with Gasteiger partial charge in [0.25, 0.3) is 0 Å². The molecule has 5 heterocycles. The van der Waals surface area contributed by atoms with Crippen molar-refractivity contribution in [2.75, 3.05) is 35.4 Å². The molecule has 3 aliphatic carbocycles. The van der Waals surface area contributed by atoms with Crippen LogP contribution in [0.4, 0.5) is 0 Å². The van der Waals surface area contributed by atoms with Crippen LogP contribution in [0, 0.1) is 23.7 Å². The van der Waals surface area contributed by atoms with E-state index in [1.165, 1.54) is 0 Å². The highest BCUT2D eigenvalue weighted by molar-refractivity contribution is 5.99. The maximum absolute atomic E-state index is 15.4. The molecule has 1 saturated carbocycles. The number of rotatable bonds is 12. The predicted molar refractivity (Wildman–Crippen MR) is 250 cm³/mol. The smallest absolute Gasteiger partial charge is 0.306 e. The third-order valence-electron chi connectivity index (χ3n) is 16.1. The molecule has 4 fully saturated rings. The average molecular weight is 928 g/mol. The third-order valence-corrected chi connectivity index (χ3v) is 16.1. The summed E-state index contributed by atoms with van der Waals surface area (Å²) < 4.78 is 59.6. The zero-order chi connectivity index (χ0) is 47.1. The second kappa shape index (κ2) is 20.7. The molecule has 3 aromatic rings. The SMILES string of the molecule is CC[C@H]1CCC[C@H](O[C@H]2CC[C@H](N(C)C)[C@@H](C)O2)[C@@H](C)C(=O)C2=C[C@H]3[C@@H]4C[C@H](O[C@@H]5O[C@@H](C)[C@H](OC)[C@@H](OC)[C@H]5OC)C[C@H]4c4c(nc5c(OCc6ccccc6)cccn45)[C@H]3[C@@H]2CC(=O)O1. The first-order chi connectivity index (χ1) is 32.4. The molecule has 0 spiro atoms. The van der Waals surface area contributed by atoms with E-state index in [0.29, 0.717) is 61.7 Å². The first kappa shape index (κ1) is 48.3. The number of allylic oxidation sites excluding steroid dienone is 2. The van der Waals surface area contributed by atoms with Crippen LogP contribution in [-0.2, 0) is 54.1 Å². The van der Waals surface area contributed by atoms with Crippen molar-refractivity contribution in [3.8, 4) is 5.75 Å². The monoisotopic (exact) mass is 928 g/mol. The average Bonchev–Trinajstić information content (AvgIpc) is 4.03. The van der Waals surface area contributed by atoms with E-state index in [1.807, 2.05) is 56.3 Å². The van der Waals surface area contributed by atoms with E-state index < -0.39 is 36.6 Å². The Balaban J connectivity index is 1.09. The number of esters is 1. The van der Waals surface area contributed by atoms with E-state index in [0.717, 1.165) is 36.2 Å². The van der Waals surface area contributed by atoms with Gasteiger partial charge in [-0.2, -0.15) is 0 Å². The first-order valence-electron chi connectivity index (χ1n) is 24.9. The van der Waals surface area contributed by atoms with Crippen LogP contribution >= 0.6 is 0 Å². The zero-order valence-corrected chi connectivity index (χ0v) is 40.9. The fourth-order valence-corrected chi connectivity index (χ4v) is 12.8. The van der Waals surface area contributed by atoms with Crippen molar-refractivity contribution in [2.45, 2.75) is 171 Å². The highest BCUT2D eigenvalue weighted by Crippen LogP contribution is 2.62. The van der Waals surface area contributed by atoms with Gasteiger partial charge in [0.2, 0.25) is 0 Å². The fourth-order valence-electron chi connectivity index (χ4n) is 12.8. The highest BCUT2D eigenvalue weighted by atomic mass is 16.7. The number of nitrogens with zero attached hydrogens (tertiary/aromatic N) is 3. The largest absolute Gasteiger partial charge is 0.485 e. The molecule has 14 heteroatoms. The van der Waals surface area contributed by atoms with Gasteiger partial charge in [-0.1, -0.05) is 50.3 Å². The number of hydrogen-bond acceptors (Lipinski definition) is 13. The van der Waals surface area contributed by atoms with Crippen LogP contribution in [-0.4, -0.2) is 129 Å². The first-order valence-corrected chi connectivity index (χ1v) is 24.9. The molecule has 3 saturated heterocycles. The molecule has 3 aliphatic heterocycles. The molecule has 17 atom stereocenters. The van der Waals surface area contributed by atoms with Gasteiger partial charge in [-0.25, -0.2) is 4.98 Å². The van der Waals surface area contributed by atoms with E-state index >= 15 is 4.79 Å². The molecule has 0 bridgehead atoms. The molecule has 67 heavy (non-hydrogen) atoms. The number of hydrogen-bond donors (Lipinski definition) is 0. The molecule has 2 aromatic heterocycles. The Morgan fingerprint density at radius 3 is 2.33 bits per heavy atom. The number of ketones is 1. The number of pyridine rings is 1. The number of benzene rings is 1. The number of Topliss-reactive ketones (excluding diaryl/α,β-unsaturated/α-hetero) is 1. The van der Waals surface area contributed by atoms with Crippen LogP contribution in [0.25, 0.3) is 5.65 Å². The summed E-state index contributed by atoms with van der Waals surface area (Å²) in [5.41, 5.74) is 4.43. The van der Waals surface area contributed by atoms with Crippen LogP contribution in [0.5, 0.6) is 5.75 Å². The number of imidazole rings is 1. The summed E-state index contributed by atoms with van der Waals surface area (Å²) in [7, 11) is 9.15. The summed E-state index contributed by atoms with van der Waals surface area (Å²) in [4.78, 5) is 37.3. The van der Waals surface area contributed by atoms with Crippen LogP contribution in [0.1, 0.15) is 114 Å². The van der Waals surface area contributed by atoms with Gasteiger partial charge >= 0.3 is 5.97 Å². The Morgan fingerprint density at radius 2 is 1.61 bits per heavy atom. The van der Waals surface area contributed by atoms with Gasteiger partial charge in [0.1, 0.15) is 31.0 Å². The minimum atomic E-state index is -0.695. The second-order valence-corrected chi connectivity index (χ2v) is 20.2. The van der Waals surface area contributed by atoms with Gasteiger partial charge in [-0.05, 0) is 114 Å². The van der Waals surface area contributed by atoms with E-state index in [4.69, 9.17) is 47.6 Å². The Kier molecular flexibility index (Phi) is 14.9. The number of fused-ring (bicyclic) bond motifs is 10. The molecule has 6 aliphatic rings. The summed E-state index contributed by atoms with van der Waals surface area (Å²) in [6, 6.07) is 14.4. The van der Waals surface area contributed by atoms with Crippen molar-refractivity contribution >= 4 is 17.4 Å². The van der Waals surface area contributed by atoms with Gasteiger partial charge in [-0.3, -0.25) is 9.59 Å². The van der Waals surface area contributed by atoms with E-state index in [-0.39, 0.29) is 78.5 Å². The van der Waals surface area contributed by atoms with Crippen molar-refractivity contribution in [1.82, 2.24) is 14.3 Å². The molecule has 0 amide bonds. The second-order valence-electron chi connectivity index (χ2n) is 20.2. The number of aromatic nitrogens is 2.